The second-order valence-corrected chi connectivity index (χ2v) is 7.97. The Morgan fingerprint density at radius 3 is 2.52 bits per heavy atom. The molecule has 0 saturated carbocycles. The molecule has 0 aliphatic heterocycles. The van der Waals surface area contributed by atoms with Crippen molar-refractivity contribution in [2.45, 2.75) is 66.7 Å². The topological polar surface area (TPSA) is 71.5 Å². The molecule has 0 aromatic carbocycles. The first-order valence-electron chi connectivity index (χ1n) is 10.0. The largest absolute Gasteiger partial charge is 0.382 e. The van der Waals surface area contributed by atoms with Crippen molar-refractivity contribution < 1.29 is 14.3 Å². The van der Waals surface area contributed by atoms with Gasteiger partial charge in [-0.05, 0) is 40.0 Å². The Morgan fingerprint density at radius 1 is 1.22 bits per heavy atom. The molecule has 0 saturated heterocycles. The van der Waals surface area contributed by atoms with Crippen LogP contribution in [-0.2, 0) is 14.3 Å². The normalized spacial score (nSPS) is 12.0. The van der Waals surface area contributed by atoms with Crippen molar-refractivity contribution in [2.24, 2.45) is 5.92 Å². The van der Waals surface area contributed by atoms with Gasteiger partial charge in [0.15, 0.2) is 5.13 Å². The summed E-state index contributed by atoms with van der Waals surface area (Å²) in [6.45, 7) is 11.9. The highest BCUT2D eigenvalue weighted by Crippen LogP contribution is 2.21. The summed E-state index contributed by atoms with van der Waals surface area (Å²) in [4.78, 5) is 32.6. The number of nitrogens with zero attached hydrogens (tertiary/aromatic N) is 2. The Hall–Kier alpha value is -1.47. The van der Waals surface area contributed by atoms with Gasteiger partial charge in [0.1, 0.15) is 0 Å². The van der Waals surface area contributed by atoms with Crippen molar-refractivity contribution in [2.75, 3.05) is 31.6 Å². The Labute approximate surface area is 167 Å². The zero-order chi connectivity index (χ0) is 20.2. The van der Waals surface area contributed by atoms with E-state index in [4.69, 9.17) is 4.74 Å². The molecule has 0 spiro atoms. The smallest absolute Gasteiger partial charge is 0.245 e. The number of rotatable bonds is 13. The fourth-order valence-corrected chi connectivity index (χ4v) is 3.67. The Balaban J connectivity index is 2.73. The second kappa shape index (κ2) is 12.8. The number of unbranched alkanes of at least 4 members (excludes halogenated alkanes) is 1. The molecule has 0 fully saturated rings. The van der Waals surface area contributed by atoms with Gasteiger partial charge in [0.2, 0.25) is 11.8 Å². The minimum absolute atomic E-state index is 0.0193. The number of aromatic nitrogens is 1. The van der Waals surface area contributed by atoms with Crippen molar-refractivity contribution in [3.8, 4) is 0 Å². The summed E-state index contributed by atoms with van der Waals surface area (Å²) in [6, 6.07) is 0. The molecule has 27 heavy (non-hydrogen) atoms. The molecule has 1 N–H and O–H groups in total. The zero-order valence-electron chi connectivity index (χ0n) is 17.5. The minimum atomic E-state index is -0.196. The van der Waals surface area contributed by atoms with Crippen LogP contribution in [0, 0.1) is 19.8 Å². The lowest BCUT2D eigenvalue weighted by molar-refractivity contribution is -0.139. The molecule has 0 unspecified atom stereocenters. The molecule has 6 nitrogen and oxygen atoms in total. The van der Waals surface area contributed by atoms with Crippen LogP contribution in [0.2, 0.25) is 0 Å². The summed E-state index contributed by atoms with van der Waals surface area (Å²) in [6.07, 6.45) is 4.50. The average molecular weight is 398 g/mol. The molecule has 1 aromatic heterocycles. The molecule has 1 atom stereocenters. The van der Waals surface area contributed by atoms with Crippen LogP contribution in [0.15, 0.2) is 0 Å². The summed E-state index contributed by atoms with van der Waals surface area (Å²) < 4.78 is 5.39. The molecule has 1 aromatic rings. The SMILES string of the molecule is CCCC[C@@H](CC)C(=O)N(CCCOCC)CC(=O)Nc1nc(C)c(C)s1. The van der Waals surface area contributed by atoms with Gasteiger partial charge in [-0.1, -0.05) is 26.7 Å². The van der Waals surface area contributed by atoms with Gasteiger partial charge in [-0.25, -0.2) is 4.98 Å². The van der Waals surface area contributed by atoms with Gasteiger partial charge in [-0.3, -0.25) is 9.59 Å². The van der Waals surface area contributed by atoms with Gasteiger partial charge < -0.3 is 15.0 Å². The summed E-state index contributed by atoms with van der Waals surface area (Å²) in [5.41, 5.74) is 0.922. The van der Waals surface area contributed by atoms with E-state index in [1.54, 1.807) is 4.90 Å². The fourth-order valence-electron chi connectivity index (χ4n) is 2.84. The summed E-state index contributed by atoms with van der Waals surface area (Å²) in [7, 11) is 0. The van der Waals surface area contributed by atoms with E-state index in [0.29, 0.717) is 24.9 Å². The number of carbonyl (C=O) groups excluding carboxylic acids is 2. The first-order valence-corrected chi connectivity index (χ1v) is 10.8. The fraction of sp³-hybridized carbons (Fsp3) is 0.750. The Bertz CT molecular complexity index is 570. The van der Waals surface area contributed by atoms with E-state index < -0.39 is 0 Å². The van der Waals surface area contributed by atoms with E-state index >= 15 is 0 Å². The van der Waals surface area contributed by atoms with Crippen LogP contribution in [0.1, 0.15) is 63.4 Å². The number of hydrogen-bond acceptors (Lipinski definition) is 5. The predicted molar refractivity (Wildman–Crippen MR) is 111 cm³/mol. The minimum Gasteiger partial charge on any atom is -0.382 e. The first kappa shape index (κ1) is 23.6. The van der Waals surface area contributed by atoms with Crippen molar-refractivity contribution in [3.05, 3.63) is 10.6 Å². The van der Waals surface area contributed by atoms with Crippen LogP contribution >= 0.6 is 11.3 Å². The number of thiazole rings is 1. The lowest BCUT2D eigenvalue weighted by atomic mass is 9.97. The highest BCUT2D eigenvalue weighted by Gasteiger charge is 2.24. The zero-order valence-corrected chi connectivity index (χ0v) is 18.3. The monoisotopic (exact) mass is 397 g/mol. The molecule has 0 aliphatic carbocycles. The quantitative estimate of drug-likeness (QED) is 0.507. The summed E-state index contributed by atoms with van der Waals surface area (Å²) in [5.74, 6) is -0.142. The number of hydrogen-bond donors (Lipinski definition) is 1. The summed E-state index contributed by atoms with van der Waals surface area (Å²) >= 11 is 1.46. The lowest BCUT2D eigenvalue weighted by Crippen LogP contribution is -2.42. The van der Waals surface area contributed by atoms with Crippen LogP contribution < -0.4 is 5.32 Å². The highest BCUT2D eigenvalue weighted by atomic mass is 32.1. The molecule has 1 rings (SSSR count). The number of anilines is 1. The van der Waals surface area contributed by atoms with Crippen LogP contribution in [0.5, 0.6) is 0 Å². The van der Waals surface area contributed by atoms with Crippen LogP contribution in [-0.4, -0.2) is 48.0 Å². The van der Waals surface area contributed by atoms with E-state index in [2.05, 4.69) is 17.2 Å². The molecule has 0 aliphatic rings. The molecule has 154 valence electrons. The van der Waals surface area contributed by atoms with Crippen molar-refractivity contribution in [1.82, 2.24) is 9.88 Å². The maximum Gasteiger partial charge on any atom is 0.245 e. The molecular weight excluding hydrogens is 362 g/mol. The third-order valence-electron chi connectivity index (χ3n) is 4.59. The molecular formula is C20H35N3O3S. The Kier molecular flexibility index (Phi) is 11.2. The highest BCUT2D eigenvalue weighted by molar-refractivity contribution is 7.15. The first-order chi connectivity index (χ1) is 12.9. The molecule has 0 radical (unpaired) electrons. The lowest BCUT2D eigenvalue weighted by Gasteiger charge is -2.26. The van der Waals surface area contributed by atoms with E-state index in [-0.39, 0.29) is 24.3 Å². The van der Waals surface area contributed by atoms with E-state index in [0.717, 1.165) is 42.7 Å². The third kappa shape index (κ3) is 8.39. The van der Waals surface area contributed by atoms with Crippen molar-refractivity contribution >= 4 is 28.3 Å². The molecule has 2 amide bonds. The maximum absolute atomic E-state index is 13.0. The number of aryl methyl sites for hydroxylation is 2. The van der Waals surface area contributed by atoms with Crippen molar-refractivity contribution in [1.29, 1.82) is 0 Å². The maximum atomic E-state index is 13.0. The summed E-state index contributed by atoms with van der Waals surface area (Å²) in [5, 5.41) is 3.43. The van der Waals surface area contributed by atoms with E-state index in [1.807, 2.05) is 27.7 Å². The van der Waals surface area contributed by atoms with Gasteiger partial charge in [0, 0.05) is 30.6 Å². The molecule has 1 heterocycles. The second-order valence-electron chi connectivity index (χ2n) is 6.77. The van der Waals surface area contributed by atoms with Gasteiger partial charge in [-0.2, -0.15) is 0 Å². The van der Waals surface area contributed by atoms with E-state index in [9.17, 15) is 9.59 Å². The van der Waals surface area contributed by atoms with Crippen LogP contribution in [0.3, 0.4) is 0 Å². The van der Waals surface area contributed by atoms with Gasteiger partial charge >= 0.3 is 0 Å². The van der Waals surface area contributed by atoms with Gasteiger partial charge in [-0.15, -0.1) is 11.3 Å². The van der Waals surface area contributed by atoms with Crippen molar-refractivity contribution in [3.63, 3.8) is 0 Å². The number of ether oxygens (including phenoxy) is 1. The predicted octanol–water partition coefficient (Wildman–Crippen LogP) is 4.17. The van der Waals surface area contributed by atoms with Crippen LogP contribution in [0.4, 0.5) is 5.13 Å². The third-order valence-corrected chi connectivity index (χ3v) is 5.58. The molecule has 0 bridgehead atoms. The number of amides is 2. The number of carbonyl (C=O) groups is 2. The van der Waals surface area contributed by atoms with Gasteiger partial charge in [0.25, 0.3) is 0 Å². The molecule has 7 heteroatoms. The number of nitrogens with one attached hydrogen (secondary N) is 1. The standard InChI is InChI=1S/C20H35N3O3S/c1-6-9-11-17(7-2)19(25)23(12-10-13-26-8-3)14-18(24)22-20-21-15(4)16(5)27-20/h17H,6-14H2,1-5H3,(H,21,22,24)/t17-/m1/s1. The van der Waals surface area contributed by atoms with Gasteiger partial charge in [0.05, 0.1) is 12.2 Å². The van der Waals surface area contributed by atoms with E-state index in [1.165, 1.54) is 11.3 Å². The Morgan fingerprint density at radius 2 is 1.96 bits per heavy atom. The average Bonchev–Trinajstić information content (AvgIpc) is 2.95. The van der Waals surface area contributed by atoms with Crippen LogP contribution in [0.25, 0.3) is 0 Å².